The Balaban J connectivity index is 1.82. The van der Waals surface area contributed by atoms with Crippen LogP contribution in [-0.4, -0.2) is 42.8 Å². The molecule has 1 aromatic rings. The van der Waals surface area contributed by atoms with Gasteiger partial charge in [-0.3, -0.25) is 0 Å². The quantitative estimate of drug-likeness (QED) is 0.774. The molecule has 112 valence electrons. The molecule has 2 heterocycles. The SMILES string of the molecule is CCCNCC1CCN(c2nccc(OCC)n2)CC1. The number of nitrogens with one attached hydrogen (secondary N) is 1. The number of anilines is 1. The van der Waals surface area contributed by atoms with Gasteiger partial charge in [0.05, 0.1) is 6.61 Å². The number of aromatic nitrogens is 2. The highest BCUT2D eigenvalue weighted by Gasteiger charge is 2.20. The van der Waals surface area contributed by atoms with Crippen molar-refractivity contribution < 1.29 is 4.74 Å². The Hall–Kier alpha value is -1.36. The fourth-order valence-corrected chi connectivity index (χ4v) is 2.53. The lowest BCUT2D eigenvalue weighted by Gasteiger charge is -2.32. The van der Waals surface area contributed by atoms with E-state index in [1.165, 1.54) is 19.3 Å². The van der Waals surface area contributed by atoms with E-state index < -0.39 is 0 Å². The molecule has 1 N–H and O–H groups in total. The van der Waals surface area contributed by atoms with Crippen LogP contribution in [0.1, 0.15) is 33.1 Å². The molecule has 0 saturated carbocycles. The van der Waals surface area contributed by atoms with Crippen molar-refractivity contribution in [2.75, 3.05) is 37.7 Å². The molecule has 1 fully saturated rings. The van der Waals surface area contributed by atoms with Gasteiger partial charge in [0.2, 0.25) is 11.8 Å². The van der Waals surface area contributed by atoms with Crippen molar-refractivity contribution in [1.82, 2.24) is 15.3 Å². The van der Waals surface area contributed by atoms with Gasteiger partial charge in [-0.15, -0.1) is 0 Å². The molecule has 0 unspecified atom stereocenters. The second-order valence-electron chi connectivity index (χ2n) is 5.26. The molecule has 5 nitrogen and oxygen atoms in total. The van der Waals surface area contributed by atoms with E-state index in [4.69, 9.17) is 4.74 Å². The first kappa shape index (κ1) is 15.0. The van der Waals surface area contributed by atoms with Crippen LogP contribution in [0.15, 0.2) is 12.3 Å². The van der Waals surface area contributed by atoms with Crippen molar-refractivity contribution >= 4 is 5.95 Å². The lowest BCUT2D eigenvalue weighted by atomic mass is 9.97. The molecule has 0 amide bonds. The Morgan fingerprint density at radius 3 is 2.85 bits per heavy atom. The van der Waals surface area contributed by atoms with E-state index in [-0.39, 0.29) is 0 Å². The highest BCUT2D eigenvalue weighted by molar-refractivity contribution is 5.32. The first-order valence-electron chi connectivity index (χ1n) is 7.75. The number of hydrogen-bond acceptors (Lipinski definition) is 5. The predicted octanol–water partition coefficient (Wildman–Crippen LogP) is 2.09. The maximum atomic E-state index is 5.44. The van der Waals surface area contributed by atoms with Gasteiger partial charge < -0.3 is 15.0 Å². The zero-order chi connectivity index (χ0) is 14.2. The van der Waals surface area contributed by atoms with Crippen molar-refractivity contribution in [3.8, 4) is 5.88 Å². The number of piperidine rings is 1. The molecule has 0 atom stereocenters. The minimum Gasteiger partial charge on any atom is -0.478 e. The molecule has 1 saturated heterocycles. The number of nitrogens with zero attached hydrogens (tertiary/aromatic N) is 3. The van der Waals surface area contributed by atoms with Crippen molar-refractivity contribution in [3.05, 3.63) is 12.3 Å². The summed E-state index contributed by atoms with van der Waals surface area (Å²) in [4.78, 5) is 11.1. The smallest absolute Gasteiger partial charge is 0.228 e. The van der Waals surface area contributed by atoms with Gasteiger partial charge in [-0.1, -0.05) is 6.92 Å². The van der Waals surface area contributed by atoms with Gasteiger partial charge in [0, 0.05) is 25.4 Å². The summed E-state index contributed by atoms with van der Waals surface area (Å²) in [6.45, 7) is 9.15. The second-order valence-corrected chi connectivity index (χ2v) is 5.26. The van der Waals surface area contributed by atoms with Crippen LogP contribution >= 0.6 is 0 Å². The summed E-state index contributed by atoms with van der Waals surface area (Å²) >= 11 is 0. The molecular formula is C15H26N4O. The van der Waals surface area contributed by atoms with Crippen LogP contribution in [0.3, 0.4) is 0 Å². The number of ether oxygens (including phenoxy) is 1. The average Bonchev–Trinajstić information content (AvgIpc) is 2.49. The van der Waals surface area contributed by atoms with Crippen LogP contribution in [-0.2, 0) is 0 Å². The summed E-state index contributed by atoms with van der Waals surface area (Å²) in [6.07, 6.45) is 5.40. The normalized spacial score (nSPS) is 16.4. The highest BCUT2D eigenvalue weighted by Crippen LogP contribution is 2.21. The number of hydrogen-bond donors (Lipinski definition) is 1. The summed E-state index contributed by atoms with van der Waals surface area (Å²) in [5.74, 6) is 2.26. The van der Waals surface area contributed by atoms with Crippen LogP contribution in [0, 0.1) is 5.92 Å². The third-order valence-electron chi connectivity index (χ3n) is 3.67. The highest BCUT2D eigenvalue weighted by atomic mass is 16.5. The molecule has 0 radical (unpaired) electrons. The van der Waals surface area contributed by atoms with Crippen molar-refractivity contribution in [2.45, 2.75) is 33.1 Å². The van der Waals surface area contributed by atoms with Gasteiger partial charge in [0.25, 0.3) is 0 Å². The van der Waals surface area contributed by atoms with Gasteiger partial charge in [-0.25, -0.2) is 4.98 Å². The minimum absolute atomic E-state index is 0.641. The monoisotopic (exact) mass is 278 g/mol. The van der Waals surface area contributed by atoms with Crippen LogP contribution < -0.4 is 15.0 Å². The Morgan fingerprint density at radius 1 is 1.35 bits per heavy atom. The molecular weight excluding hydrogens is 252 g/mol. The lowest BCUT2D eigenvalue weighted by Crippen LogP contribution is -2.38. The van der Waals surface area contributed by atoms with Crippen LogP contribution in [0.2, 0.25) is 0 Å². The van der Waals surface area contributed by atoms with E-state index in [1.54, 1.807) is 6.20 Å². The summed E-state index contributed by atoms with van der Waals surface area (Å²) in [6, 6.07) is 1.81. The molecule has 2 rings (SSSR count). The average molecular weight is 278 g/mol. The maximum absolute atomic E-state index is 5.44. The van der Waals surface area contributed by atoms with Gasteiger partial charge in [-0.2, -0.15) is 4.98 Å². The summed E-state index contributed by atoms with van der Waals surface area (Å²) in [5.41, 5.74) is 0. The molecule has 20 heavy (non-hydrogen) atoms. The largest absolute Gasteiger partial charge is 0.478 e. The fourth-order valence-electron chi connectivity index (χ4n) is 2.53. The molecule has 0 aromatic carbocycles. The standard InChI is InChI=1S/C15H26N4O/c1-3-8-16-12-13-6-10-19(11-7-13)15-17-9-5-14(18-15)20-4-2/h5,9,13,16H,3-4,6-8,10-12H2,1-2H3. The number of rotatable bonds is 7. The van der Waals surface area contributed by atoms with Crippen LogP contribution in [0.5, 0.6) is 5.88 Å². The topological polar surface area (TPSA) is 50.3 Å². The molecule has 1 aromatic heterocycles. The van der Waals surface area contributed by atoms with Crippen LogP contribution in [0.4, 0.5) is 5.95 Å². The molecule has 0 spiro atoms. The Morgan fingerprint density at radius 2 is 2.15 bits per heavy atom. The van der Waals surface area contributed by atoms with E-state index in [0.717, 1.165) is 38.0 Å². The van der Waals surface area contributed by atoms with Gasteiger partial charge in [0.1, 0.15) is 0 Å². The van der Waals surface area contributed by atoms with E-state index in [0.29, 0.717) is 12.5 Å². The molecule has 0 aliphatic carbocycles. The molecule has 1 aliphatic heterocycles. The first-order chi connectivity index (χ1) is 9.83. The van der Waals surface area contributed by atoms with Crippen molar-refractivity contribution in [2.24, 2.45) is 5.92 Å². The Bertz CT molecular complexity index is 391. The summed E-state index contributed by atoms with van der Waals surface area (Å²) in [7, 11) is 0. The van der Waals surface area contributed by atoms with Gasteiger partial charge in [-0.05, 0) is 45.2 Å². The fraction of sp³-hybridized carbons (Fsp3) is 0.733. The lowest BCUT2D eigenvalue weighted by molar-refractivity contribution is 0.325. The third kappa shape index (κ3) is 4.34. The predicted molar refractivity (Wildman–Crippen MR) is 81.3 cm³/mol. The Labute approximate surface area is 121 Å². The molecule has 0 bridgehead atoms. The van der Waals surface area contributed by atoms with Crippen molar-refractivity contribution in [3.63, 3.8) is 0 Å². The zero-order valence-corrected chi connectivity index (χ0v) is 12.6. The zero-order valence-electron chi connectivity index (χ0n) is 12.6. The second kappa shape index (κ2) is 8.04. The Kier molecular flexibility index (Phi) is 6.05. The van der Waals surface area contributed by atoms with Gasteiger partial charge >= 0.3 is 0 Å². The maximum Gasteiger partial charge on any atom is 0.228 e. The van der Waals surface area contributed by atoms with E-state index in [1.807, 2.05) is 13.0 Å². The molecule has 5 heteroatoms. The third-order valence-corrected chi connectivity index (χ3v) is 3.67. The van der Waals surface area contributed by atoms with E-state index in [2.05, 4.69) is 27.1 Å². The molecule has 1 aliphatic rings. The van der Waals surface area contributed by atoms with Crippen molar-refractivity contribution in [1.29, 1.82) is 0 Å². The summed E-state index contributed by atoms with van der Waals surface area (Å²) < 4.78 is 5.44. The van der Waals surface area contributed by atoms with Crippen LogP contribution in [0.25, 0.3) is 0 Å². The van der Waals surface area contributed by atoms with Gasteiger partial charge in [0.15, 0.2) is 0 Å². The summed E-state index contributed by atoms with van der Waals surface area (Å²) in [5, 5.41) is 3.52. The minimum atomic E-state index is 0.641. The van der Waals surface area contributed by atoms with E-state index >= 15 is 0 Å². The first-order valence-corrected chi connectivity index (χ1v) is 7.75. The van der Waals surface area contributed by atoms with E-state index in [9.17, 15) is 0 Å².